The van der Waals surface area contributed by atoms with Crippen LogP contribution in [0.5, 0.6) is 0 Å². The predicted octanol–water partition coefficient (Wildman–Crippen LogP) is 0.717. The Morgan fingerprint density at radius 3 is 2.40 bits per heavy atom. The highest BCUT2D eigenvalue weighted by atomic mass is 16.5. The van der Waals surface area contributed by atoms with E-state index in [0.29, 0.717) is 0 Å². The van der Waals surface area contributed by atoms with Crippen LogP contribution in [0.2, 0.25) is 0 Å². The van der Waals surface area contributed by atoms with E-state index in [2.05, 4.69) is 18.5 Å². The van der Waals surface area contributed by atoms with E-state index in [9.17, 15) is 0 Å². The van der Waals surface area contributed by atoms with Gasteiger partial charge in [0.2, 0.25) is 0 Å². The Morgan fingerprint density at radius 1 is 1.40 bits per heavy atom. The molecule has 0 aromatic heterocycles. The van der Waals surface area contributed by atoms with E-state index >= 15 is 0 Å². The lowest BCUT2D eigenvalue weighted by atomic mass is 10.0. The molecule has 0 saturated carbocycles. The SMILES string of the molecule is C=CC1(C=C)CNCCO1. The molecule has 0 bridgehead atoms. The van der Waals surface area contributed by atoms with Gasteiger partial charge in [0.15, 0.2) is 0 Å². The molecule has 0 aromatic rings. The minimum atomic E-state index is -0.321. The molecule has 0 aliphatic carbocycles. The molecule has 1 fully saturated rings. The summed E-state index contributed by atoms with van der Waals surface area (Å²) in [5.74, 6) is 0. The summed E-state index contributed by atoms with van der Waals surface area (Å²) in [6.07, 6.45) is 3.57. The zero-order chi connectivity index (χ0) is 7.45. The lowest BCUT2D eigenvalue weighted by Gasteiger charge is -2.31. The molecule has 0 amide bonds. The molecule has 10 heavy (non-hydrogen) atoms. The second-order valence-corrected chi connectivity index (χ2v) is 2.39. The second-order valence-electron chi connectivity index (χ2n) is 2.39. The van der Waals surface area contributed by atoms with Gasteiger partial charge in [0.1, 0.15) is 5.60 Å². The molecule has 1 saturated heterocycles. The summed E-state index contributed by atoms with van der Waals surface area (Å²) in [6, 6.07) is 0. The lowest BCUT2D eigenvalue weighted by Crippen LogP contribution is -2.46. The fraction of sp³-hybridized carbons (Fsp3) is 0.500. The Labute approximate surface area is 61.6 Å². The summed E-state index contributed by atoms with van der Waals surface area (Å²) in [7, 11) is 0. The molecule has 0 aromatic carbocycles. The van der Waals surface area contributed by atoms with E-state index in [1.807, 2.05) is 0 Å². The number of ether oxygens (including phenoxy) is 1. The van der Waals surface area contributed by atoms with Gasteiger partial charge < -0.3 is 10.1 Å². The van der Waals surface area contributed by atoms with E-state index in [4.69, 9.17) is 4.74 Å². The van der Waals surface area contributed by atoms with Crippen molar-refractivity contribution in [2.75, 3.05) is 19.7 Å². The lowest BCUT2D eigenvalue weighted by molar-refractivity contribution is 0.00435. The maximum Gasteiger partial charge on any atom is 0.116 e. The fourth-order valence-corrected chi connectivity index (χ4v) is 0.994. The van der Waals surface area contributed by atoms with Crippen LogP contribution in [0.3, 0.4) is 0 Å². The van der Waals surface area contributed by atoms with Crippen molar-refractivity contribution in [2.45, 2.75) is 5.60 Å². The van der Waals surface area contributed by atoms with Crippen molar-refractivity contribution in [1.29, 1.82) is 0 Å². The van der Waals surface area contributed by atoms with Crippen LogP contribution in [0.15, 0.2) is 25.3 Å². The minimum Gasteiger partial charge on any atom is -0.364 e. The number of hydrogen-bond acceptors (Lipinski definition) is 2. The summed E-state index contributed by atoms with van der Waals surface area (Å²) in [5.41, 5.74) is -0.321. The molecule has 0 atom stereocenters. The highest BCUT2D eigenvalue weighted by molar-refractivity contribution is 5.12. The molecular weight excluding hydrogens is 126 g/mol. The zero-order valence-corrected chi connectivity index (χ0v) is 6.10. The van der Waals surface area contributed by atoms with Crippen molar-refractivity contribution < 1.29 is 4.74 Å². The normalized spacial score (nSPS) is 23.6. The summed E-state index contributed by atoms with van der Waals surface area (Å²) in [6.45, 7) is 9.83. The number of nitrogens with one attached hydrogen (secondary N) is 1. The highest BCUT2D eigenvalue weighted by Crippen LogP contribution is 2.14. The van der Waals surface area contributed by atoms with Crippen molar-refractivity contribution in [2.24, 2.45) is 0 Å². The first kappa shape index (κ1) is 7.51. The van der Waals surface area contributed by atoms with Gasteiger partial charge in [-0.2, -0.15) is 0 Å². The topological polar surface area (TPSA) is 21.3 Å². The largest absolute Gasteiger partial charge is 0.364 e. The van der Waals surface area contributed by atoms with E-state index in [1.54, 1.807) is 12.2 Å². The predicted molar refractivity (Wildman–Crippen MR) is 41.9 cm³/mol. The third-order valence-electron chi connectivity index (χ3n) is 1.74. The third kappa shape index (κ3) is 1.28. The van der Waals surface area contributed by atoms with Gasteiger partial charge in [-0.25, -0.2) is 0 Å². The van der Waals surface area contributed by atoms with Crippen LogP contribution < -0.4 is 5.32 Å². The van der Waals surface area contributed by atoms with Crippen molar-refractivity contribution in [1.82, 2.24) is 5.32 Å². The Morgan fingerprint density at radius 2 is 2.10 bits per heavy atom. The van der Waals surface area contributed by atoms with Crippen LogP contribution in [0.4, 0.5) is 0 Å². The Hall–Kier alpha value is -0.600. The molecule has 56 valence electrons. The fourth-order valence-electron chi connectivity index (χ4n) is 0.994. The summed E-state index contributed by atoms with van der Waals surface area (Å²) < 4.78 is 5.47. The summed E-state index contributed by atoms with van der Waals surface area (Å²) >= 11 is 0. The van der Waals surface area contributed by atoms with E-state index < -0.39 is 0 Å². The van der Waals surface area contributed by atoms with Gasteiger partial charge in [-0.3, -0.25) is 0 Å². The molecule has 2 heteroatoms. The first-order valence-corrected chi connectivity index (χ1v) is 3.45. The number of morpholine rings is 1. The maximum absolute atomic E-state index is 5.47. The molecule has 1 aliphatic heterocycles. The molecule has 2 nitrogen and oxygen atoms in total. The van der Waals surface area contributed by atoms with Crippen molar-refractivity contribution in [3.63, 3.8) is 0 Å². The van der Waals surface area contributed by atoms with Gasteiger partial charge in [0.25, 0.3) is 0 Å². The van der Waals surface area contributed by atoms with E-state index in [0.717, 1.165) is 19.7 Å². The van der Waals surface area contributed by atoms with Crippen LogP contribution in [0.25, 0.3) is 0 Å². The van der Waals surface area contributed by atoms with Crippen molar-refractivity contribution in [3.8, 4) is 0 Å². The van der Waals surface area contributed by atoms with Crippen molar-refractivity contribution in [3.05, 3.63) is 25.3 Å². The first-order valence-electron chi connectivity index (χ1n) is 3.45. The Balaban J connectivity index is 2.60. The molecule has 1 N–H and O–H groups in total. The van der Waals surface area contributed by atoms with Crippen LogP contribution in [0.1, 0.15) is 0 Å². The Bertz CT molecular complexity index is 126. The minimum absolute atomic E-state index is 0.321. The van der Waals surface area contributed by atoms with Gasteiger partial charge in [-0.05, 0) is 0 Å². The third-order valence-corrected chi connectivity index (χ3v) is 1.74. The molecular formula is C8H13NO. The average molecular weight is 139 g/mol. The van der Waals surface area contributed by atoms with Crippen LogP contribution >= 0.6 is 0 Å². The molecule has 0 radical (unpaired) electrons. The number of rotatable bonds is 2. The zero-order valence-electron chi connectivity index (χ0n) is 6.10. The highest BCUT2D eigenvalue weighted by Gasteiger charge is 2.25. The monoisotopic (exact) mass is 139 g/mol. The molecule has 1 rings (SSSR count). The maximum atomic E-state index is 5.47. The van der Waals surface area contributed by atoms with Crippen LogP contribution in [-0.2, 0) is 4.74 Å². The second kappa shape index (κ2) is 2.99. The summed E-state index contributed by atoms with van der Waals surface area (Å²) in [5, 5.41) is 3.21. The number of hydrogen-bond donors (Lipinski definition) is 1. The smallest absolute Gasteiger partial charge is 0.116 e. The van der Waals surface area contributed by atoms with Crippen molar-refractivity contribution >= 4 is 0 Å². The van der Waals surface area contributed by atoms with Crippen LogP contribution in [-0.4, -0.2) is 25.3 Å². The Kier molecular flexibility index (Phi) is 2.25. The van der Waals surface area contributed by atoms with Gasteiger partial charge >= 0.3 is 0 Å². The molecule has 1 heterocycles. The van der Waals surface area contributed by atoms with Gasteiger partial charge in [-0.15, -0.1) is 0 Å². The van der Waals surface area contributed by atoms with Crippen LogP contribution in [0, 0.1) is 0 Å². The van der Waals surface area contributed by atoms with Gasteiger partial charge in [0, 0.05) is 13.1 Å². The quantitative estimate of drug-likeness (QED) is 0.569. The van der Waals surface area contributed by atoms with E-state index in [-0.39, 0.29) is 5.60 Å². The first-order chi connectivity index (χ1) is 4.83. The van der Waals surface area contributed by atoms with E-state index in [1.165, 1.54) is 0 Å². The van der Waals surface area contributed by atoms with Gasteiger partial charge in [0.05, 0.1) is 6.61 Å². The standard InChI is InChI=1S/C8H13NO/c1-3-8(4-2)7-9-5-6-10-8/h3-4,9H,1-2,5-7H2. The average Bonchev–Trinajstić information content (AvgIpc) is 2.06. The summed E-state index contributed by atoms with van der Waals surface area (Å²) in [4.78, 5) is 0. The molecule has 1 aliphatic rings. The molecule has 0 spiro atoms. The van der Waals surface area contributed by atoms with Gasteiger partial charge in [-0.1, -0.05) is 25.3 Å². The molecule has 0 unspecified atom stereocenters.